The van der Waals surface area contributed by atoms with Gasteiger partial charge in [0, 0.05) is 6.04 Å². The SMILES string of the molecule is CCOC(=O)[C@@]1(C)C[C@H](NNC(=O)OC(C)(C)C)C[C@@H]1CC. The first-order valence-corrected chi connectivity index (χ1v) is 8.04. The summed E-state index contributed by atoms with van der Waals surface area (Å²) < 4.78 is 10.4. The Morgan fingerprint density at radius 3 is 2.41 bits per heavy atom. The van der Waals surface area contributed by atoms with Crippen molar-refractivity contribution in [3.8, 4) is 0 Å². The highest BCUT2D eigenvalue weighted by atomic mass is 16.6. The number of hydrogen-bond acceptors (Lipinski definition) is 5. The summed E-state index contributed by atoms with van der Waals surface area (Å²) in [5, 5.41) is 0. The first kappa shape index (κ1) is 18.7. The second kappa shape index (κ2) is 7.31. The summed E-state index contributed by atoms with van der Waals surface area (Å²) in [6.45, 7) is 11.7. The van der Waals surface area contributed by atoms with E-state index in [1.54, 1.807) is 0 Å². The quantitative estimate of drug-likeness (QED) is 0.603. The van der Waals surface area contributed by atoms with E-state index in [2.05, 4.69) is 17.8 Å². The number of rotatable bonds is 5. The molecule has 0 unspecified atom stereocenters. The fourth-order valence-corrected chi connectivity index (χ4v) is 3.10. The van der Waals surface area contributed by atoms with E-state index in [1.807, 2.05) is 34.6 Å². The van der Waals surface area contributed by atoms with E-state index >= 15 is 0 Å². The van der Waals surface area contributed by atoms with E-state index in [1.165, 1.54) is 0 Å². The number of ether oxygens (including phenoxy) is 2. The number of amides is 1. The maximum atomic E-state index is 12.2. The van der Waals surface area contributed by atoms with Crippen molar-refractivity contribution in [3.05, 3.63) is 0 Å². The summed E-state index contributed by atoms with van der Waals surface area (Å²) in [5.41, 5.74) is 4.52. The Kier molecular flexibility index (Phi) is 6.23. The smallest absolute Gasteiger partial charge is 0.422 e. The number of nitrogens with one attached hydrogen (secondary N) is 2. The van der Waals surface area contributed by atoms with Gasteiger partial charge >= 0.3 is 12.1 Å². The highest BCUT2D eigenvalue weighted by molar-refractivity contribution is 5.77. The van der Waals surface area contributed by atoms with Crippen LogP contribution in [0.5, 0.6) is 0 Å². The lowest BCUT2D eigenvalue weighted by Gasteiger charge is -2.28. The minimum atomic E-state index is -0.535. The summed E-state index contributed by atoms with van der Waals surface area (Å²) in [5.74, 6) is 0.0907. The first-order chi connectivity index (χ1) is 10.1. The van der Waals surface area contributed by atoms with Gasteiger partial charge in [-0.25, -0.2) is 10.2 Å². The fourth-order valence-electron chi connectivity index (χ4n) is 3.10. The Morgan fingerprint density at radius 2 is 1.91 bits per heavy atom. The zero-order valence-corrected chi connectivity index (χ0v) is 14.6. The van der Waals surface area contributed by atoms with Gasteiger partial charge in [0.1, 0.15) is 5.60 Å². The van der Waals surface area contributed by atoms with Crippen LogP contribution in [0.1, 0.15) is 60.8 Å². The molecule has 1 aliphatic carbocycles. The summed E-state index contributed by atoms with van der Waals surface area (Å²) in [6.07, 6.45) is 1.85. The lowest BCUT2D eigenvalue weighted by molar-refractivity contribution is -0.156. The molecule has 128 valence electrons. The molecule has 0 aliphatic heterocycles. The lowest BCUT2D eigenvalue weighted by atomic mass is 9.78. The third-order valence-electron chi connectivity index (χ3n) is 4.15. The van der Waals surface area contributed by atoms with Gasteiger partial charge in [0.05, 0.1) is 12.0 Å². The largest absolute Gasteiger partial charge is 0.466 e. The minimum absolute atomic E-state index is 0.0341. The van der Waals surface area contributed by atoms with Crippen LogP contribution < -0.4 is 10.9 Å². The first-order valence-electron chi connectivity index (χ1n) is 8.04. The predicted octanol–water partition coefficient (Wildman–Crippen LogP) is 2.77. The van der Waals surface area contributed by atoms with Crippen molar-refractivity contribution in [2.24, 2.45) is 11.3 Å². The van der Waals surface area contributed by atoms with Crippen LogP contribution in [-0.2, 0) is 14.3 Å². The Bertz CT molecular complexity index is 405. The van der Waals surface area contributed by atoms with Gasteiger partial charge in [-0.05, 0) is 53.4 Å². The van der Waals surface area contributed by atoms with Crippen molar-refractivity contribution < 1.29 is 19.1 Å². The Hall–Kier alpha value is -1.30. The molecule has 0 bridgehead atoms. The van der Waals surface area contributed by atoms with E-state index in [0.717, 1.165) is 12.8 Å². The van der Waals surface area contributed by atoms with E-state index in [-0.39, 0.29) is 17.9 Å². The zero-order valence-electron chi connectivity index (χ0n) is 14.6. The molecule has 0 saturated heterocycles. The average Bonchev–Trinajstić information content (AvgIpc) is 2.72. The van der Waals surface area contributed by atoms with Crippen molar-refractivity contribution in [3.63, 3.8) is 0 Å². The normalized spacial score (nSPS) is 28.3. The summed E-state index contributed by atoms with van der Waals surface area (Å²) in [7, 11) is 0. The van der Waals surface area contributed by atoms with Gasteiger partial charge < -0.3 is 9.47 Å². The zero-order chi connectivity index (χ0) is 17.0. The Labute approximate surface area is 133 Å². The van der Waals surface area contributed by atoms with Crippen molar-refractivity contribution in [1.29, 1.82) is 0 Å². The van der Waals surface area contributed by atoms with Crippen LogP contribution >= 0.6 is 0 Å². The molecule has 1 fully saturated rings. The van der Waals surface area contributed by atoms with Crippen molar-refractivity contribution in [2.45, 2.75) is 72.4 Å². The van der Waals surface area contributed by atoms with Gasteiger partial charge in [-0.2, -0.15) is 0 Å². The number of carbonyl (C=O) groups excluding carboxylic acids is 2. The molecule has 1 amide bonds. The van der Waals surface area contributed by atoms with Crippen LogP contribution in [0.15, 0.2) is 0 Å². The third-order valence-corrected chi connectivity index (χ3v) is 4.15. The standard InChI is InChI=1S/C16H30N2O4/c1-7-11-9-12(10-16(11,6)13(19)21-8-2)17-18-14(20)22-15(3,4)5/h11-12,17H,7-10H2,1-6H3,(H,18,20)/t11-,12+,16-/m0/s1. The van der Waals surface area contributed by atoms with Gasteiger partial charge in [0.15, 0.2) is 0 Å². The molecule has 6 nitrogen and oxygen atoms in total. The van der Waals surface area contributed by atoms with Gasteiger partial charge in [-0.15, -0.1) is 0 Å². The second-order valence-corrected chi connectivity index (χ2v) is 7.15. The van der Waals surface area contributed by atoms with E-state index in [9.17, 15) is 9.59 Å². The van der Waals surface area contributed by atoms with Crippen LogP contribution in [0.2, 0.25) is 0 Å². The van der Waals surface area contributed by atoms with Gasteiger partial charge in [-0.1, -0.05) is 13.3 Å². The third kappa shape index (κ3) is 4.87. The van der Waals surface area contributed by atoms with E-state index < -0.39 is 17.1 Å². The number of hydrazine groups is 1. The molecular formula is C16H30N2O4. The molecule has 0 radical (unpaired) electrons. The highest BCUT2D eigenvalue weighted by Crippen LogP contribution is 2.45. The highest BCUT2D eigenvalue weighted by Gasteiger charge is 2.49. The van der Waals surface area contributed by atoms with Crippen LogP contribution in [-0.4, -0.2) is 30.3 Å². The molecule has 0 aromatic carbocycles. The molecule has 1 saturated carbocycles. The van der Waals surface area contributed by atoms with E-state index in [4.69, 9.17) is 9.47 Å². The molecule has 3 atom stereocenters. The van der Waals surface area contributed by atoms with Crippen molar-refractivity contribution in [2.75, 3.05) is 6.61 Å². The molecule has 2 N–H and O–H groups in total. The second-order valence-electron chi connectivity index (χ2n) is 7.15. The summed E-state index contributed by atoms with van der Waals surface area (Å²) in [4.78, 5) is 23.9. The molecule has 1 aliphatic rings. The van der Waals surface area contributed by atoms with Crippen LogP contribution in [0, 0.1) is 11.3 Å². The lowest BCUT2D eigenvalue weighted by Crippen LogP contribution is -2.46. The molecule has 0 heterocycles. The number of carbonyl (C=O) groups is 2. The molecule has 22 heavy (non-hydrogen) atoms. The van der Waals surface area contributed by atoms with Crippen LogP contribution in [0.25, 0.3) is 0 Å². The molecular weight excluding hydrogens is 284 g/mol. The molecule has 0 aromatic rings. The van der Waals surface area contributed by atoms with E-state index in [0.29, 0.717) is 13.0 Å². The maximum absolute atomic E-state index is 12.2. The molecule has 0 spiro atoms. The topological polar surface area (TPSA) is 76.7 Å². The number of hydrogen-bond donors (Lipinski definition) is 2. The molecule has 6 heteroatoms. The minimum Gasteiger partial charge on any atom is -0.466 e. The van der Waals surface area contributed by atoms with Gasteiger partial charge in [0.2, 0.25) is 0 Å². The van der Waals surface area contributed by atoms with Crippen LogP contribution in [0.3, 0.4) is 0 Å². The van der Waals surface area contributed by atoms with Gasteiger partial charge in [-0.3, -0.25) is 10.2 Å². The van der Waals surface area contributed by atoms with Crippen LogP contribution in [0.4, 0.5) is 4.79 Å². The molecule has 0 aromatic heterocycles. The summed E-state index contributed by atoms with van der Waals surface area (Å²) >= 11 is 0. The predicted molar refractivity (Wildman–Crippen MR) is 84.0 cm³/mol. The Morgan fingerprint density at radius 1 is 1.27 bits per heavy atom. The fraction of sp³-hybridized carbons (Fsp3) is 0.875. The Balaban J connectivity index is 2.58. The maximum Gasteiger partial charge on any atom is 0.422 e. The summed E-state index contributed by atoms with van der Waals surface area (Å²) in [6, 6.07) is 0.0341. The monoisotopic (exact) mass is 314 g/mol. The molecule has 1 rings (SSSR count). The van der Waals surface area contributed by atoms with Crippen molar-refractivity contribution >= 4 is 12.1 Å². The van der Waals surface area contributed by atoms with Gasteiger partial charge in [0.25, 0.3) is 0 Å². The average molecular weight is 314 g/mol. The number of esters is 1. The van der Waals surface area contributed by atoms with Crippen molar-refractivity contribution in [1.82, 2.24) is 10.9 Å².